The zero-order valence-electron chi connectivity index (χ0n) is 14.3. The van der Waals surface area contributed by atoms with Gasteiger partial charge in [-0.05, 0) is 26.3 Å². The van der Waals surface area contributed by atoms with E-state index in [2.05, 4.69) is 11.9 Å². The van der Waals surface area contributed by atoms with E-state index in [1.807, 2.05) is 61.7 Å². The molecular weight excluding hydrogens is 300 g/mol. The van der Waals surface area contributed by atoms with Gasteiger partial charge in [-0.25, -0.2) is 0 Å². The van der Waals surface area contributed by atoms with Crippen molar-refractivity contribution in [3.05, 3.63) is 71.6 Å². The second kappa shape index (κ2) is 6.40. The molecule has 0 radical (unpaired) electrons. The fourth-order valence-corrected chi connectivity index (χ4v) is 2.89. The molecule has 0 aliphatic heterocycles. The van der Waals surface area contributed by atoms with Crippen molar-refractivity contribution in [3.63, 3.8) is 0 Å². The van der Waals surface area contributed by atoms with E-state index in [1.165, 1.54) is 0 Å². The maximum atomic E-state index is 12.8. The highest BCUT2D eigenvalue weighted by Gasteiger charge is 2.20. The Balaban J connectivity index is 1.91. The fourth-order valence-electron chi connectivity index (χ4n) is 2.89. The van der Waals surface area contributed by atoms with Crippen LogP contribution in [0, 0.1) is 6.92 Å². The standard InChI is InChI=1S/C20H22N2O2/c1-13(2)12-22-17-10-14(3)24-19(17)11-18(22)20(23)21-15(4)16-8-6-5-7-9-16/h5-11,15H,1,12H2,2-4H3,(H,21,23)/t15-/m1/s1. The van der Waals surface area contributed by atoms with E-state index in [1.54, 1.807) is 6.07 Å². The van der Waals surface area contributed by atoms with E-state index in [-0.39, 0.29) is 11.9 Å². The molecule has 0 unspecified atom stereocenters. The Labute approximate surface area is 141 Å². The smallest absolute Gasteiger partial charge is 0.268 e. The van der Waals surface area contributed by atoms with Gasteiger partial charge in [-0.2, -0.15) is 0 Å². The maximum Gasteiger partial charge on any atom is 0.268 e. The number of carbonyl (C=O) groups excluding carboxylic acids is 1. The van der Waals surface area contributed by atoms with Gasteiger partial charge in [-0.15, -0.1) is 0 Å². The highest BCUT2D eigenvalue weighted by atomic mass is 16.3. The number of benzene rings is 1. The van der Waals surface area contributed by atoms with Gasteiger partial charge in [-0.3, -0.25) is 4.79 Å². The average Bonchev–Trinajstić information content (AvgIpc) is 3.05. The first-order valence-corrected chi connectivity index (χ1v) is 8.05. The summed E-state index contributed by atoms with van der Waals surface area (Å²) >= 11 is 0. The van der Waals surface area contributed by atoms with Gasteiger partial charge < -0.3 is 14.3 Å². The molecule has 3 rings (SSSR count). The van der Waals surface area contributed by atoms with Gasteiger partial charge in [0, 0.05) is 18.7 Å². The highest BCUT2D eigenvalue weighted by Crippen LogP contribution is 2.25. The van der Waals surface area contributed by atoms with Crippen molar-refractivity contribution in [2.75, 3.05) is 0 Å². The lowest BCUT2D eigenvalue weighted by atomic mass is 10.1. The second-order valence-electron chi connectivity index (χ2n) is 6.29. The van der Waals surface area contributed by atoms with Gasteiger partial charge in [0.2, 0.25) is 0 Å². The van der Waals surface area contributed by atoms with Crippen molar-refractivity contribution in [2.24, 2.45) is 0 Å². The molecule has 0 aliphatic rings. The van der Waals surface area contributed by atoms with E-state index in [9.17, 15) is 4.79 Å². The van der Waals surface area contributed by atoms with Gasteiger partial charge >= 0.3 is 0 Å². The largest absolute Gasteiger partial charge is 0.460 e. The monoisotopic (exact) mass is 322 g/mol. The molecule has 0 saturated carbocycles. The van der Waals surface area contributed by atoms with Crippen molar-refractivity contribution in [1.82, 2.24) is 9.88 Å². The van der Waals surface area contributed by atoms with E-state index in [0.29, 0.717) is 12.2 Å². The third-order valence-electron chi connectivity index (χ3n) is 4.02. The summed E-state index contributed by atoms with van der Waals surface area (Å²) in [5.41, 5.74) is 4.30. The number of aryl methyl sites for hydroxylation is 1. The summed E-state index contributed by atoms with van der Waals surface area (Å²) < 4.78 is 7.64. The lowest BCUT2D eigenvalue weighted by Gasteiger charge is -2.16. The van der Waals surface area contributed by atoms with Gasteiger partial charge in [0.25, 0.3) is 5.91 Å². The highest BCUT2D eigenvalue weighted by molar-refractivity contribution is 5.97. The molecule has 2 heterocycles. The van der Waals surface area contributed by atoms with Crippen molar-refractivity contribution < 1.29 is 9.21 Å². The number of rotatable bonds is 5. The molecule has 2 aromatic heterocycles. The van der Waals surface area contributed by atoms with Gasteiger partial charge in [0.1, 0.15) is 11.5 Å². The number of hydrogen-bond acceptors (Lipinski definition) is 2. The second-order valence-corrected chi connectivity index (χ2v) is 6.29. The molecule has 0 bridgehead atoms. The third-order valence-corrected chi connectivity index (χ3v) is 4.02. The Kier molecular flexibility index (Phi) is 4.30. The molecule has 4 nitrogen and oxygen atoms in total. The predicted molar refractivity (Wildman–Crippen MR) is 96.1 cm³/mol. The topological polar surface area (TPSA) is 47.2 Å². The molecule has 3 aromatic rings. The molecule has 1 atom stereocenters. The number of nitrogens with one attached hydrogen (secondary N) is 1. The third kappa shape index (κ3) is 3.13. The van der Waals surface area contributed by atoms with E-state index < -0.39 is 0 Å². The van der Waals surface area contributed by atoms with Gasteiger partial charge in [0.15, 0.2) is 5.58 Å². The summed E-state index contributed by atoms with van der Waals surface area (Å²) in [5.74, 6) is 0.719. The van der Waals surface area contributed by atoms with Crippen LogP contribution in [0.25, 0.3) is 11.1 Å². The summed E-state index contributed by atoms with van der Waals surface area (Å²) in [6.07, 6.45) is 0. The van der Waals surface area contributed by atoms with Crippen LogP contribution in [0.3, 0.4) is 0 Å². The molecule has 1 amide bonds. The Hall–Kier alpha value is -2.75. The van der Waals surface area contributed by atoms with Crippen molar-refractivity contribution in [1.29, 1.82) is 0 Å². The van der Waals surface area contributed by atoms with Crippen molar-refractivity contribution >= 4 is 17.0 Å². The van der Waals surface area contributed by atoms with Crippen LogP contribution >= 0.6 is 0 Å². The van der Waals surface area contributed by atoms with Crippen LogP contribution in [0.1, 0.15) is 41.7 Å². The number of allylic oxidation sites excluding steroid dienone is 1. The molecule has 1 N–H and O–H groups in total. The zero-order chi connectivity index (χ0) is 17.3. The number of aromatic nitrogens is 1. The normalized spacial score (nSPS) is 12.3. The number of carbonyl (C=O) groups is 1. The van der Waals surface area contributed by atoms with Crippen molar-refractivity contribution in [2.45, 2.75) is 33.4 Å². The first-order valence-electron chi connectivity index (χ1n) is 8.05. The number of fused-ring (bicyclic) bond motifs is 1. The van der Waals surface area contributed by atoms with Gasteiger partial charge in [-0.1, -0.05) is 42.5 Å². The van der Waals surface area contributed by atoms with Crippen LogP contribution < -0.4 is 5.32 Å². The number of nitrogens with zero attached hydrogens (tertiary/aromatic N) is 1. The fraction of sp³-hybridized carbons (Fsp3) is 0.250. The van der Waals surface area contributed by atoms with Crippen LogP contribution in [-0.4, -0.2) is 10.5 Å². The minimum Gasteiger partial charge on any atom is -0.460 e. The molecule has 0 saturated heterocycles. The summed E-state index contributed by atoms with van der Waals surface area (Å²) in [4.78, 5) is 12.8. The van der Waals surface area contributed by atoms with E-state index in [0.717, 1.165) is 28.0 Å². The number of amides is 1. The van der Waals surface area contributed by atoms with Crippen LogP contribution in [0.5, 0.6) is 0 Å². The zero-order valence-corrected chi connectivity index (χ0v) is 14.3. The molecule has 0 aliphatic carbocycles. The number of furan rings is 1. The lowest BCUT2D eigenvalue weighted by Crippen LogP contribution is -2.28. The van der Waals surface area contributed by atoms with E-state index in [4.69, 9.17) is 4.42 Å². The molecule has 4 heteroatoms. The Morgan fingerprint density at radius 1 is 1.29 bits per heavy atom. The average molecular weight is 322 g/mol. The minimum absolute atomic E-state index is 0.0695. The van der Waals surface area contributed by atoms with Gasteiger partial charge in [0.05, 0.1) is 11.6 Å². The molecule has 0 fully saturated rings. The summed E-state index contributed by atoms with van der Waals surface area (Å²) in [6.45, 7) is 10.4. The first-order chi connectivity index (χ1) is 11.5. The summed E-state index contributed by atoms with van der Waals surface area (Å²) in [6, 6.07) is 13.6. The van der Waals surface area contributed by atoms with Crippen LogP contribution in [-0.2, 0) is 6.54 Å². The van der Waals surface area contributed by atoms with E-state index >= 15 is 0 Å². The molecule has 0 spiro atoms. The maximum absolute atomic E-state index is 12.8. The summed E-state index contributed by atoms with van der Waals surface area (Å²) in [5, 5.41) is 3.06. The molecule has 24 heavy (non-hydrogen) atoms. The Morgan fingerprint density at radius 2 is 2.00 bits per heavy atom. The van der Waals surface area contributed by atoms with Crippen LogP contribution in [0.15, 0.2) is 59.0 Å². The number of hydrogen-bond donors (Lipinski definition) is 1. The van der Waals surface area contributed by atoms with Crippen molar-refractivity contribution in [3.8, 4) is 0 Å². The first kappa shape index (κ1) is 16.1. The van der Waals surface area contributed by atoms with Crippen LogP contribution in [0.4, 0.5) is 0 Å². The Bertz CT molecular complexity index is 887. The quantitative estimate of drug-likeness (QED) is 0.697. The summed E-state index contributed by atoms with van der Waals surface area (Å²) in [7, 11) is 0. The predicted octanol–water partition coefficient (Wildman–Crippen LogP) is 4.61. The minimum atomic E-state index is -0.114. The SMILES string of the molecule is C=C(C)Cn1c(C(=O)N[C@H](C)c2ccccc2)cc2oc(C)cc21. The Morgan fingerprint density at radius 3 is 2.67 bits per heavy atom. The molecular formula is C20H22N2O2. The molecule has 1 aromatic carbocycles. The lowest BCUT2D eigenvalue weighted by molar-refractivity contribution is 0.0931. The van der Waals surface area contributed by atoms with Crippen LogP contribution in [0.2, 0.25) is 0 Å². The molecule has 124 valence electrons.